The Morgan fingerprint density at radius 2 is 1.76 bits per heavy atom. The van der Waals surface area contributed by atoms with Gasteiger partial charge in [0.1, 0.15) is 0 Å². The van der Waals surface area contributed by atoms with Crippen molar-refractivity contribution in [1.29, 1.82) is 0 Å². The molecule has 0 aliphatic rings. The largest absolute Gasteiger partial charge is 0.328 e. The number of hydrogen-bond donors (Lipinski definition) is 2. The zero-order chi connectivity index (χ0) is 14.7. The van der Waals surface area contributed by atoms with Crippen LogP contribution in [0.15, 0.2) is 59.8 Å². The van der Waals surface area contributed by atoms with Gasteiger partial charge in [-0.2, -0.15) is 15.0 Å². The predicted molar refractivity (Wildman–Crippen MR) is 76.4 cm³/mol. The lowest BCUT2D eigenvalue weighted by molar-refractivity contribution is 0.102. The predicted octanol–water partition coefficient (Wildman–Crippen LogP) is 1.21. The minimum absolute atomic E-state index is 0.248. The maximum Gasteiger partial charge on any atom is 0.257 e. The van der Waals surface area contributed by atoms with Gasteiger partial charge in [-0.05, 0) is 30.3 Å². The SMILES string of the molecule is O=C(Nc1ccc(-n2nccn2)cc1)c1ccc(=O)[nH]c1. The molecule has 0 saturated heterocycles. The van der Waals surface area contributed by atoms with Crippen LogP contribution in [0.3, 0.4) is 0 Å². The molecule has 104 valence electrons. The number of nitrogens with zero attached hydrogens (tertiary/aromatic N) is 3. The van der Waals surface area contributed by atoms with Crippen molar-refractivity contribution in [3.8, 4) is 5.69 Å². The molecule has 1 amide bonds. The summed E-state index contributed by atoms with van der Waals surface area (Å²) in [6.07, 6.45) is 4.55. The fraction of sp³-hybridized carbons (Fsp3) is 0. The molecule has 0 spiro atoms. The molecular formula is C14H11N5O2. The maximum atomic E-state index is 12.0. The average molecular weight is 281 g/mol. The van der Waals surface area contributed by atoms with E-state index in [2.05, 4.69) is 20.5 Å². The first-order valence-corrected chi connectivity index (χ1v) is 6.19. The third kappa shape index (κ3) is 2.86. The molecule has 2 heterocycles. The molecule has 1 aromatic carbocycles. The normalized spacial score (nSPS) is 10.3. The van der Waals surface area contributed by atoms with Gasteiger partial charge >= 0.3 is 0 Å². The van der Waals surface area contributed by atoms with E-state index in [9.17, 15) is 9.59 Å². The number of benzene rings is 1. The van der Waals surface area contributed by atoms with Gasteiger partial charge in [-0.1, -0.05) is 0 Å². The summed E-state index contributed by atoms with van der Waals surface area (Å²) in [6.45, 7) is 0. The fourth-order valence-corrected chi connectivity index (χ4v) is 1.78. The number of anilines is 1. The standard InChI is InChI=1S/C14H11N5O2/c20-13-6-1-10(9-15-13)14(21)18-11-2-4-12(5-3-11)19-16-7-8-17-19/h1-9H,(H,15,20)(H,18,21). The van der Waals surface area contributed by atoms with E-state index in [4.69, 9.17) is 0 Å². The van der Waals surface area contributed by atoms with Crippen LogP contribution in [0.4, 0.5) is 5.69 Å². The summed E-state index contributed by atoms with van der Waals surface area (Å²) in [5.74, 6) is -0.295. The Morgan fingerprint density at radius 3 is 2.38 bits per heavy atom. The minimum Gasteiger partial charge on any atom is -0.328 e. The molecule has 0 saturated carbocycles. The summed E-state index contributed by atoms with van der Waals surface area (Å²) in [6, 6.07) is 9.87. The van der Waals surface area contributed by atoms with Crippen molar-refractivity contribution in [1.82, 2.24) is 20.0 Å². The lowest BCUT2D eigenvalue weighted by Gasteiger charge is -2.06. The van der Waals surface area contributed by atoms with E-state index >= 15 is 0 Å². The first-order valence-electron chi connectivity index (χ1n) is 6.19. The molecule has 0 aliphatic carbocycles. The number of rotatable bonds is 3. The Bertz CT molecular complexity index is 786. The molecule has 7 nitrogen and oxygen atoms in total. The third-order valence-electron chi connectivity index (χ3n) is 2.82. The molecule has 2 N–H and O–H groups in total. The molecule has 2 aromatic heterocycles. The highest BCUT2D eigenvalue weighted by Crippen LogP contribution is 2.12. The average Bonchev–Trinajstić information content (AvgIpc) is 3.03. The monoisotopic (exact) mass is 281 g/mol. The van der Waals surface area contributed by atoms with Crippen LogP contribution in [0.5, 0.6) is 0 Å². The van der Waals surface area contributed by atoms with Gasteiger partial charge in [-0.3, -0.25) is 9.59 Å². The highest BCUT2D eigenvalue weighted by Gasteiger charge is 2.06. The Kier molecular flexibility index (Phi) is 3.30. The van der Waals surface area contributed by atoms with E-state index in [0.29, 0.717) is 11.3 Å². The van der Waals surface area contributed by atoms with Crippen molar-refractivity contribution in [2.45, 2.75) is 0 Å². The number of amides is 1. The number of nitrogens with one attached hydrogen (secondary N) is 2. The first kappa shape index (κ1) is 12.8. The zero-order valence-electron chi connectivity index (χ0n) is 10.9. The first-order chi connectivity index (χ1) is 10.2. The smallest absolute Gasteiger partial charge is 0.257 e. The van der Waals surface area contributed by atoms with Gasteiger partial charge in [-0.25, -0.2) is 0 Å². The second-order valence-electron chi connectivity index (χ2n) is 4.26. The van der Waals surface area contributed by atoms with Gasteiger partial charge in [0, 0.05) is 18.0 Å². The van der Waals surface area contributed by atoms with Gasteiger partial charge in [0.15, 0.2) is 0 Å². The quantitative estimate of drug-likeness (QED) is 0.754. The lowest BCUT2D eigenvalue weighted by atomic mass is 10.2. The summed E-state index contributed by atoms with van der Waals surface area (Å²) >= 11 is 0. The van der Waals surface area contributed by atoms with E-state index in [1.165, 1.54) is 23.1 Å². The summed E-state index contributed by atoms with van der Waals surface area (Å²) < 4.78 is 0. The molecule has 3 aromatic rings. The minimum atomic E-state index is -0.295. The van der Waals surface area contributed by atoms with Gasteiger partial charge in [0.05, 0.1) is 23.6 Å². The molecule has 0 atom stereocenters. The molecular weight excluding hydrogens is 270 g/mol. The van der Waals surface area contributed by atoms with Crippen LogP contribution in [-0.4, -0.2) is 25.9 Å². The van der Waals surface area contributed by atoms with E-state index in [1.807, 2.05) is 0 Å². The molecule has 0 radical (unpaired) electrons. The Hall–Kier alpha value is -3.22. The van der Waals surface area contributed by atoms with Crippen LogP contribution in [0.2, 0.25) is 0 Å². The number of hydrogen-bond acceptors (Lipinski definition) is 4. The van der Waals surface area contributed by atoms with Crippen molar-refractivity contribution in [3.63, 3.8) is 0 Å². The van der Waals surface area contributed by atoms with Crippen LogP contribution in [0, 0.1) is 0 Å². The van der Waals surface area contributed by atoms with Gasteiger partial charge in [0.2, 0.25) is 5.56 Å². The number of H-pyrrole nitrogens is 1. The van der Waals surface area contributed by atoms with Crippen LogP contribution < -0.4 is 10.9 Å². The summed E-state index contributed by atoms with van der Waals surface area (Å²) in [7, 11) is 0. The van der Waals surface area contributed by atoms with Crippen molar-refractivity contribution >= 4 is 11.6 Å². The van der Waals surface area contributed by atoms with E-state index < -0.39 is 0 Å². The van der Waals surface area contributed by atoms with Crippen LogP contribution in [0.25, 0.3) is 5.69 Å². The molecule has 21 heavy (non-hydrogen) atoms. The molecule has 0 unspecified atom stereocenters. The van der Waals surface area contributed by atoms with Gasteiger partial charge < -0.3 is 10.3 Å². The number of carbonyl (C=O) groups excluding carboxylic acids is 1. The summed E-state index contributed by atoms with van der Waals surface area (Å²) in [4.78, 5) is 26.9. The molecule has 0 bridgehead atoms. The lowest BCUT2D eigenvalue weighted by Crippen LogP contribution is -2.14. The molecule has 0 fully saturated rings. The van der Waals surface area contributed by atoms with Crippen LogP contribution in [-0.2, 0) is 0 Å². The van der Waals surface area contributed by atoms with Crippen LogP contribution >= 0.6 is 0 Å². The van der Waals surface area contributed by atoms with E-state index in [1.54, 1.807) is 36.7 Å². The molecule has 7 heteroatoms. The summed E-state index contributed by atoms with van der Waals surface area (Å²) in [5, 5.41) is 10.8. The highest BCUT2D eigenvalue weighted by molar-refractivity contribution is 6.04. The van der Waals surface area contributed by atoms with Crippen molar-refractivity contribution < 1.29 is 4.79 Å². The number of pyridine rings is 1. The molecule has 0 aliphatic heterocycles. The highest BCUT2D eigenvalue weighted by atomic mass is 16.1. The van der Waals surface area contributed by atoms with Gasteiger partial charge in [-0.15, -0.1) is 0 Å². The Balaban J connectivity index is 1.74. The van der Waals surface area contributed by atoms with E-state index in [-0.39, 0.29) is 11.5 Å². The second-order valence-corrected chi connectivity index (χ2v) is 4.26. The third-order valence-corrected chi connectivity index (χ3v) is 2.82. The Labute approximate surface area is 119 Å². The van der Waals surface area contributed by atoms with Crippen molar-refractivity contribution in [2.24, 2.45) is 0 Å². The molecule has 3 rings (SSSR count). The second kappa shape index (κ2) is 5.41. The topological polar surface area (TPSA) is 92.7 Å². The Morgan fingerprint density at radius 1 is 1.05 bits per heavy atom. The van der Waals surface area contributed by atoms with Crippen molar-refractivity contribution in [3.05, 3.63) is 70.9 Å². The number of aromatic amines is 1. The van der Waals surface area contributed by atoms with E-state index in [0.717, 1.165) is 5.69 Å². The van der Waals surface area contributed by atoms with Crippen LogP contribution in [0.1, 0.15) is 10.4 Å². The number of aromatic nitrogens is 4. The van der Waals surface area contributed by atoms with Crippen molar-refractivity contribution in [2.75, 3.05) is 5.32 Å². The summed E-state index contributed by atoms with van der Waals surface area (Å²) in [5.41, 5.74) is 1.57. The zero-order valence-corrected chi connectivity index (χ0v) is 10.9. The maximum absolute atomic E-state index is 12.0. The number of carbonyl (C=O) groups is 1. The fourth-order valence-electron chi connectivity index (χ4n) is 1.78. The van der Waals surface area contributed by atoms with Gasteiger partial charge in [0.25, 0.3) is 5.91 Å².